The predicted molar refractivity (Wildman–Crippen MR) is 92.8 cm³/mol. The van der Waals surface area contributed by atoms with E-state index in [1.807, 2.05) is 25.1 Å². The minimum Gasteiger partial charge on any atom is -0.493 e. The normalized spacial score (nSPS) is 11.9. The number of hydrogen-bond acceptors (Lipinski definition) is 5. The van der Waals surface area contributed by atoms with Gasteiger partial charge in [0.2, 0.25) is 6.79 Å². The van der Waals surface area contributed by atoms with Crippen molar-refractivity contribution in [3.05, 3.63) is 47.5 Å². The average molecular weight is 343 g/mol. The molecule has 0 unspecified atom stereocenters. The van der Waals surface area contributed by atoms with Gasteiger partial charge in [-0.15, -0.1) is 0 Å². The Bertz CT molecular complexity index is 759. The Balaban J connectivity index is 1.57. The molecule has 25 heavy (non-hydrogen) atoms. The summed E-state index contributed by atoms with van der Waals surface area (Å²) >= 11 is 0. The van der Waals surface area contributed by atoms with Crippen LogP contribution in [0.4, 0.5) is 0 Å². The molecular formula is C19H21NO5. The lowest BCUT2D eigenvalue weighted by atomic mass is 10.1. The van der Waals surface area contributed by atoms with Gasteiger partial charge in [-0.05, 0) is 49.2 Å². The Morgan fingerprint density at radius 2 is 1.96 bits per heavy atom. The van der Waals surface area contributed by atoms with Crippen LogP contribution < -0.4 is 24.3 Å². The first-order valence-electron chi connectivity index (χ1n) is 8.19. The van der Waals surface area contributed by atoms with Crippen molar-refractivity contribution in [1.82, 2.24) is 5.32 Å². The van der Waals surface area contributed by atoms with E-state index in [0.29, 0.717) is 36.6 Å². The molecule has 0 saturated carbocycles. The molecule has 2 aromatic rings. The van der Waals surface area contributed by atoms with Crippen molar-refractivity contribution in [2.45, 2.75) is 13.3 Å². The molecule has 0 radical (unpaired) electrons. The monoisotopic (exact) mass is 343 g/mol. The minimum atomic E-state index is -0.151. The Kier molecular flexibility index (Phi) is 5.28. The van der Waals surface area contributed by atoms with E-state index in [2.05, 4.69) is 5.32 Å². The molecule has 1 amide bonds. The SMILES string of the molecule is CCOc1ccc(C(=O)NCCc2ccc3c(c2)OCO3)cc1OC. The van der Waals surface area contributed by atoms with E-state index in [4.69, 9.17) is 18.9 Å². The van der Waals surface area contributed by atoms with Gasteiger partial charge >= 0.3 is 0 Å². The van der Waals surface area contributed by atoms with Gasteiger partial charge in [0.1, 0.15) is 0 Å². The summed E-state index contributed by atoms with van der Waals surface area (Å²) in [5, 5.41) is 2.91. The Morgan fingerprint density at radius 3 is 2.76 bits per heavy atom. The largest absolute Gasteiger partial charge is 0.493 e. The Hall–Kier alpha value is -2.89. The first-order valence-corrected chi connectivity index (χ1v) is 8.19. The number of nitrogens with one attached hydrogen (secondary N) is 1. The number of carbonyl (C=O) groups excluding carboxylic acids is 1. The lowest BCUT2D eigenvalue weighted by Gasteiger charge is -2.11. The van der Waals surface area contributed by atoms with Crippen LogP contribution in [0.3, 0.4) is 0 Å². The fourth-order valence-electron chi connectivity index (χ4n) is 2.60. The van der Waals surface area contributed by atoms with Crippen LogP contribution in [0.25, 0.3) is 0 Å². The van der Waals surface area contributed by atoms with E-state index < -0.39 is 0 Å². The molecule has 0 bridgehead atoms. The van der Waals surface area contributed by atoms with E-state index in [0.717, 1.165) is 17.1 Å². The zero-order valence-corrected chi connectivity index (χ0v) is 14.3. The highest BCUT2D eigenvalue weighted by molar-refractivity contribution is 5.94. The molecule has 1 N–H and O–H groups in total. The smallest absolute Gasteiger partial charge is 0.251 e. The van der Waals surface area contributed by atoms with Gasteiger partial charge in [0.25, 0.3) is 5.91 Å². The maximum absolute atomic E-state index is 12.3. The summed E-state index contributed by atoms with van der Waals surface area (Å²) in [5.41, 5.74) is 1.61. The standard InChI is InChI=1S/C19H21NO5/c1-3-23-15-7-5-14(11-17(15)22-2)19(21)20-9-8-13-4-6-16-18(10-13)25-12-24-16/h4-7,10-11H,3,8-9,12H2,1-2H3,(H,20,21). The highest BCUT2D eigenvalue weighted by Crippen LogP contribution is 2.32. The number of methoxy groups -OCH3 is 1. The van der Waals surface area contributed by atoms with Crippen LogP contribution in [0.15, 0.2) is 36.4 Å². The van der Waals surface area contributed by atoms with Crippen LogP contribution in [0.5, 0.6) is 23.0 Å². The summed E-state index contributed by atoms with van der Waals surface area (Å²) in [6.45, 7) is 3.22. The van der Waals surface area contributed by atoms with E-state index in [1.165, 1.54) is 0 Å². The highest BCUT2D eigenvalue weighted by atomic mass is 16.7. The van der Waals surface area contributed by atoms with Crippen molar-refractivity contribution in [3.63, 3.8) is 0 Å². The zero-order valence-electron chi connectivity index (χ0n) is 14.3. The summed E-state index contributed by atoms with van der Waals surface area (Å²) < 4.78 is 21.4. The molecule has 1 aliphatic heterocycles. The summed E-state index contributed by atoms with van der Waals surface area (Å²) in [6, 6.07) is 10.9. The second-order valence-electron chi connectivity index (χ2n) is 5.49. The lowest BCUT2D eigenvalue weighted by molar-refractivity contribution is 0.0953. The van der Waals surface area contributed by atoms with E-state index in [1.54, 1.807) is 25.3 Å². The predicted octanol–water partition coefficient (Wildman–Crippen LogP) is 2.80. The number of ether oxygens (including phenoxy) is 4. The number of carbonyl (C=O) groups is 1. The Labute approximate surface area is 146 Å². The quantitative estimate of drug-likeness (QED) is 0.837. The summed E-state index contributed by atoms with van der Waals surface area (Å²) in [6.07, 6.45) is 0.705. The molecule has 0 atom stereocenters. The lowest BCUT2D eigenvalue weighted by Crippen LogP contribution is -2.25. The van der Waals surface area contributed by atoms with Gasteiger partial charge in [-0.2, -0.15) is 0 Å². The fourth-order valence-corrected chi connectivity index (χ4v) is 2.60. The molecule has 2 aromatic carbocycles. The molecule has 0 aliphatic carbocycles. The van der Waals surface area contributed by atoms with Gasteiger partial charge in [0.15, 0.2) is 23.0 Å². The van der Waals surface area contributed by atoms with Crippen molar-refractivity contribution >= 4 is 5.91 Å². The molecule has 1 heterocycles. The molecule has 132 valence electrons. The molecule has 0 fully saturated rings. The molecular weight excluding hydrogens is 322 g/mol. The maximum atomic E-state index is 12.3. The van der Waals surface area contributed by atoms with Gasteiger partial charge < -0.3 is 24.3 Å². The van der Waals surface area contributed by atoms with Crippen LogP contribution in [-0.4, -0.2) is 33.0 Å². The van der Waals surface area contributed by atoms with Crippen LogP contribution >= 0.6 is 0 Å². The number of rotatable bonds is 7. The van der Waals surface area contributed by atoms with E-state index in [9.17, 15) is 4.79 Å². The van der Waals surface area contributed by atoms with Gasteiger partial charge in [-0.3, -0.25) is 4.79 Å². The summed E-state index contributed by atoms with van der Waals surface area (Å²) in [7, 11) is 1.55. The number of amides is 1. The minimum absolute atomic E-state index is 0.151. The van der Waals surface area contributed by atoms with Gasteiger partial charge in [-0.25, -0.2) is 0 Å². The molecule has 0 saturated heterocycles. The second-order valence-corrected chi connectivity index (χ2v) is 5.49. The summed E-state index contributed by atoms with van der Waals surface area (Å²) in [4.78, 5) is 12.3. The highest BCUT2D eigenvalue weighted by Gasteiger charge is 2.14. The van der Waals surface area contributed by atoms with Crippen molar-refractivity contribution in [2.24, 2.45) is 0 Å². The molecule has 6 heteroatoms. The van der Waals surface area contributed by atoms with Crippen LogP contribution in [0, 0.1) is 0 Å². The van der Waals surface area contributed by atoms with Gasteiger partial charge in [-0.1, -0.05) is 6.07 Å². The van der Waals surface area contributed by atoms with Crippen molar-refractivity contribution in [1.29, 1.82) is 0 Å². The molecule has 0 spiro atoms. The third-order valence-electron chi connectivity index (χ3n) is 3.86. The molecule has 0 aromatic heterocycles. The van der Waals surface area contributed by atoms with Crippen LogP contribution in [0.1, 0.15) is 22.8 Å². The van der Waals surface area contributed by atoms with Crippen molar-refractivity contribution in [2.75, 3.05) is 27.1 Å². The number of hydrogen-bond donors (Lipinski definition) is 1. The average Bonchev–Trinajstić information content (AvgIpc) is 3.10. The van der Waals surface area contributed by atoms with Crippen molar-refractivity contribution < 1.29 is 23.7 Å². The molecule has 1 aliphatic rings. The van der Waals surface area contributed by atoms with E-state index >= 15 is 0 Å². The van der Waals surface area contributed by atoms with Crippen LogP contribution in [0.2, 0.25) is 0 Å². The van der Waals surface area contributed by atoms with Gasteiger partial charge in [0, 0.05) is 12.1 Å². The molecule has 3 rings (SSSR count). The van der Waals surface area contributed by atoms with E-state index in [-0.39, 0.29) is 12.7 Å². The number of benzene rings is 2. The Morgan fingerprint density at radius 1 is 1.12 bits per heavy atom. The molecule has 6 nitrogen and oxygen atoms in total. The second kappa shape index (κ2) is 7.79. The van der Waals surface area contributed by atoms with Gasteiger partial charge in [0.05, 0.1) is 13.7 Å². The topological polar surface area (TPSA) is 66.0 Å². The third kappa shape index (κ3) is 3.96. The first-order chi connectivity index (χ1) is 12.2. The number of fused-ring (bicyclic) bond motifs is 1. The van der Waals surface area contributed by atoms with Crippen molar-refractivity contribution in [3.8, 4) is 23.0 Å². The summed E-state index contributed by atoms with van der Waals surface area (Å²) in [5.74, 6) is 2.53. The fraction of sp³-hybridized carbons (Fsp3) is 0.316. The van der Waals surface area contributed by atoms with Crippen LogP contribution in [-0.2, 0) is 6.42 Å². The zero-order chi connectivity index (χ0) is 17.6. The third-order valence-corrected chi connectivity index (χ3v) is 3.86. The first kappa shape index (κ1) is 17.0. The maximum Gasteiger partial charge on any atom is 0.251 e.